The second kappa shape index (κ2) is 3.14. The van der Waals surface area contributed by atoms with E-state index in [1.54, 1.807) is 30.3 Å². The molecule has 1 aromatic carbocycles. The van der Waals surface area contributed by atoms with E-state index in [0.717, 1.165) is 0 Å². The Morgan fingerprint density at radius 3 is 2.36 bits per heavy atom. The number of nitrogens with two attached hydrogens (primary N) is 1. The molecule has 3 N–H and O–H groups in total. The van der Waals surface area contributed by atoms with E-state index in [2.05, 4.69) is 0 Å². The van der Waals surface area contributed by atoms with Gasteiger partial charge in [0, 0.05) is 0 Å². The number of hydrogen-bond acceptors (Lipinski definition) is 1. The summed E-state index contributed by atoms with van der Waals surface area (Å²) in [5.74, 6) is -0.448. The van der Waals surface area contributed by atoms with E-state index in [1.807, 2.05) is 0 Å². The Morgan fingerprint density at radius 1 is 1.36 bits per heavy atom. The SMILES string of the molecule is N=C(N)C(F)c1ccccc1. The molecule has 0 heterocycles. The minimum absolute atomic E-state index is 0.431. The van der Waals surface area contributed by atoms with Crippen LogP contribution in [0.5, 0.6) is 0 Å². The van der Waals surface area contributed by atoms with Crippen molar-refractivity contribution in [3.63, 3.8) is 0 Å². The van der Waals surface area contributed by atoms with Gasteiger partial charge in [0.2, 0.25) is 0 Å². The van der Waals surface area contributed by atoms with Crippen molar-refractivity contribution in [2.75, 3.05) is 0 Å². The molecule has 1 rings (SSSR count). The summed E-state index contributed by atoms with van der Waals surface area (Å²) in [4.78, 5) is 0. The molecular formula is C8H9FN2. The van der Waals surface area contributed by atoms with Gasteiger partial charge in [-0.3, -0.25) is 5.41 Å². The van der Waals surface area contributed by atoms with Crippen LogP contribution in [0.25, 0.3) is 0 Å². The third-order valence-electron chi connectivity index (χ3n) is 1.37. The second-order valence-corrected chi connectivity index (χ2v) is 2.23. The van der Waals surface area contributed by atoms with Gasteiger partial charge in [-0.15, -0.1) is 0 Å². The van der Waals surface area contributed by atoms with Crippen molar-refractivity contribution in [1.82, 2.24) is 0 Å². The van der Waals surface area contributed by atoms with Crippen molar-refractivity contribution in [2.24, 2.45) is 5.73 Å². The Labute approximate surface area is 64.4 Å². The number of halogens is 1. The monoisotopic (exact) mass is 152 g/mol. The molecule has 11 heavy (non-hydrogen) atoms. The van der Waals surface area contributed by atoms with E-state index >= 15 is 0 Å². The van der Waals surface area contributed by atoms with Crippen molar-refractivity contribution < 1.29 is 4.39 Å². The zero-order chi connectivity index (χ0) is 8.27. The number of alkyl halides is 1. The average Bonchev–Trinajstić information content (AvgIpc) is 2.05. The van der Waals surface area contributed by atoms with E-state index in [9.17, 15) is 4.39 Å². The zero-order valence-electron chi connectivity index (χ0n) is 5.92. The van der Waals surface area contributed by atoms with Crippen molar-refractivity contribution in [3.8, 4) is 0 Å². The second-order valence-electron chi connectivity index (χ2n) is 2.23. The molecule has 0 spiro atoms. The molecule has 1 atom stereocenters. The molecule has 0 aliphatic rings. The predicted octanol–water partition coefficient (Wildman–Crippen LogP) is 1.63. The van der Waals surface area contributed by atoms with Crippen molar-refractivity contribution in [3.05, 3.63) is 35.9 Å². The Morgan fingerprint density at radius 2 is 1.91 bits per heavy atom. The van der Waals surface area contributed by atoms with Gasteiger partial charge in [-0.1, -0.05) is 30.3 Å². The molecule has 0 aromatic heterocycles. The average molecular weight is 152 g/mol. The summed E-state index contributed by atoms with van der Waals surface area (Å²) in [5, 5.41) is 6.84. The van der Waals surface area contributed by atoms with E-state index in [1.165, 1.54) is 0 Å². The van der Waals surface area contributed by atoms with Gasteiger partial charge in [0.1, 0.15) is 5.84 Å². The number of nitrogens with one attached hydrogen (secondary N) is 1. The van der Waals surface area contributed by atoms with Gasteiger partial charge in [-0.05, 0) is 5.56 Å². The van der Waals surface area contributed by atoms with E-state index in [4.69, 9.17) is 11.1 Å². The third kappa shape index (κ3) is 1.77. The summed E-state index contributed by atoms with van der Waals surface area (Å²) < 4.78 is 12.9. The van der Waals surface area contributed by atoms with E-state index < -0.39 is 12.0 Å². The van der Waals surface area contributed by atoms with Crippen LogP contribution in [0.1, 0.15) is 11.7 Å². The first-order chi connectivity index (χ1) is 5.22. The molecule has 0 aliphatic heterocycles. The fraction of sp³-hybridized carbons (Fsp3) is 0.125. The summed E-state index contributed by atoms with van der Waals surface area (Å²) in [5.41, 5.74) is 5.41. The molecule has 0 amide bonds. The van der Waals surface area contributed by atoms with Crippen LogP contribution >= 0.6 is 0 Å². The fourth-order valence-corrected chi connectivity index (χ4v) is 0.802. The molecule has 0 radical (unpaired) electrons. The van der Waals surface area contributed by atoms with E-state index in [-0.39, 0.29) is 0 Å². The van der Waals surface area contributed by atoms with Gasteiger partial charge < -0.3 is 5.73 Å². The van der Waals surface area contributed by atoms with Crippen molar-refractivity contribution in [2.45, 2.75) is 6.17 Å². The summed E-state index contributed by atoms with van der Waals surface area (Å²) in [6, 6.07) is 8.42. The van der Waals surface area contributed by atoms with Gasteiger partial charge in [0.05, 0.1) is 0 Å². The van der Waals surface area contributed by atoms with Crippen LogP contribution in [0, 0.1) is 5.41 Å². The molecular weight excluding hydrogens is 143 g/mol. The standard InChI is InChI=1S/C8H9FN2/c9-7(8(10)11)6-4-2-1-3-5-6/h1-5,7H,(H3,10,11). The quantitative estimate of drug-likeness (QED) is 0.491. The largest absolute Gasteiger partial charge is 0.385 e. The fourth-order valence-electron chi connectivity index (χ4n) is 0.802. The summed E-state index contributed by atoms with van der Waals surface area (Å²) in [6.07, 6.45) is -1.46. The van der Waals surface area contributed by atoms with Gasteiger partial charge in [-0.25, -0.2) is 4.39 Å². The molecule has 1 unspecified atom stereocenters. The lowest BCUT2D eigenvalue weighted by Crippen LogP contribution is -2.16. The topological polar surface area (TPSA) is 49.9 Å². The highest BCUT2D eigenvalue weighted by atomic mass is 19.1. The Kier molecular flexibility index (Phi) is 2.21. The molecule has 0 saturated carbocycles. The van der Waals surface area contributed by atoms with Crippen LogP contribution < -0.4 is 5.73 Å². The van der Waals surface area contributed by atoms with Crippen LogP contribution in [-0.2, 0) is 0 Å². The highest BCUT2D eigenvalue weighted by molar-refractivity contribution is 5.82. The maximum Gasteiger partial charge on any atom is 0.181 e. The summed E-state index contributed by atoms with van der Waals surface area (Å²) in [6.45, 7) is 0. The Balaban J connectivity index is 2.85. The smallest absolute Gasteiger partial charge is 0.181 e. The lowest BCUT2D eigenvalue weighted by Gasteiger charge is -2.04. The lowest BCUT2D eigenvalue weighted by molar-refractivity contribution is 0.435. The first-order valence-corrected chi connectivity index (χ1v) is 3.24. The molecule has 58 valence electrons. The first-order valence-electron chi connectivity index (χ1n) is 3.24. The first kappa shape index (κ1) is 7.72. The number of benzene rings is 1. The summed E-state index contributed by atoms with van der Waals surface area (Å²) >= 11 is 0. The zero-order valence-corrected chi connectivity index (χ0v) is 5.92. The Bertz CT molecular complexity index is 246. The normalized spacial score (nSPS) is 12.5. The summed E-state index contributed by atoms with van der Waals surface area (Å²) in [7, 11) is 0. The predicted molar refractivity (Wildman–Crippen MR) is 42.2 cm³/mol. The van der Waals surface area contributed by atoms with Crippen LogP contribution in [0.2, 0.25) is 0 Å². The van der Waals surface area contributed by atoms with Gasteiger partial charge >= 0.3 is 0 Å². The van der Waals surface area contributed by atoms with E-state index in [0.29, 0.717) is 5.56 Å². The highest BCUT2D eigenvalue weighted by Gasteiger charge is 2.10. The number of amidine groups is 1. The molecule has 3 heteroatoms. The molecule has 0 fully saturated rings. The molecule has 0 aliphatic carbocycles. The maximum atomic E-state index is 12.9. The molecule has 0 bridgehead atoms. The molecule has 1 aromatic rings. The minimum atomic E-state index is -1.46. The van der Waals surface area contributed by atoms with Gasteiger partial charge in [-0.2, -0.15) is 0 Å². The van der Waals surface area contributed by atoms with Crippen LogP contribution in [0.4, 0.5) is 4.39 Å². The third-order valence-corrected chi connectivity index (χ3v) is 1.37. The molecule has 2 nitrogen and oxygen atoms in total. The number of rotatable bonds is 2. The van der Waals surface area contributed by atoms with Crippen LogP contribution in [0.3, 0.4) is 0 Å². The maximum absolute atomic E-state index is 12.9. The highest BCUT2D eigenvalue weighted by Crippen LogP contribution is 2.15. The van der Waals surface area contributed by atoms with Crippen LogP contribution in [-0.4, -0.2) is 5.84 Å². The lowest BCUT2D eigenvalue weighted by atomic mass is 10.1. The minimum Gasteiger partial charge on any atom is -0.385 e. The van der Waals surface area contributed by atoms with Crippen molar-refractivity contribution >= 4 is 5.84 Å². The van der Waals surface area contributed by atoms with Gasteiger partial charge in [0.15, 0.2) is 6.17 Å². The Hall–Kier alpha value is -1.38. The molecule has 0 saturated heterocycles. The van der Waals surface area contributed by atoms with Gasteiger partial charge in [0.25, 0.3) is 0 Å². The van der Waals surface area contributed by atoms with Crippen molar-refractivity contribution in [1.29, 1.82) is 5.41 Å². The van der Waals surface area contributed by atoms with Crippen LogP contribution in [0.15, 0.2) is 30.3 Å². The number of hydrogen-bond donors (Lipinski definition) is 2.